The van der Waals surface area contributed by atoms with E-state index in [2.05, 4.69) is 0 Å². The van der Waals surface area contributed by atoms with Gasteiger partial charge in [0.2, 0.25) is 10.0 Å². The Bertz CT molecular complexity index is 857. The maximum atomic E-state index is 13.4. The first-order valence-corrected chi connectivity index (χ1v) is 11.5. The van der Waals surface area contributed by atoms with Crippen LogP contribution in [0.5, 0.6) is 0 Å². The van der Waals surface area contributed by atoms with Crippen LogP contribution in [0.3, 0.4) is 0 Å². The summed E-state index contributed by atoms with van der Waals surface area (Å²) in [6.45, 7) is 1.89. The SMILES string of the molecule is Cc1ccc(S(=O)(=O)N2[C@@H]3CC=C[C@H]2[C@@H]([C@H](O)C2CCCCC2)OC3=O)cc1. The Morgan fingerprint density at radius 2 is 1.82 bits per heavy atom. The topological polar surface area (TPSA) is 83.9 Å². The lowest BCUT2D eigenvalue weighted by Gasteiger charge is -2.47. The van der Waals surface area contributed by atoms with E-state index >= 15 is 0 Å². The minimum absolute atomic E-state index is 0.0300. The van der Waals surface area contributed by atoms with E-state index < -0.39 is 40.3 Å². The van der Waals surface area contributed by atoms with Crippen LogP contribution in [0.1, 0.15) is 44.1 Å². The van der Waals surface area contributed by atoms with Crippen molar-refractivity contribution in [3.63, 3.8) is 0 Å². The highest BCUT2D eigenvalue weighted by Crippen LogP contribution is 2.38. The van der Waals surface area contributed by atoms with Crippen LogP contribution in [-0.4, -0.2) is 48.1 Å². The molecule has 4 atom stereocenters. The van der Waals surface area contributed by atoms with Crippen molar-refractivity contribution in [2.75, 3.05) is 0 Å². The summed E-state index contributed by atoms with van der Waals surface area (Å²) in [6, 6.07) is 5.06. The number of cyclic esters (lactones) is 1. The highest BCUT2D eigenvalue weighted by atomic mass is 32.2. The van der Waals surface area contributed by atoms with Gasteiger partial charge >= 0.3 is 5.97 Å². The quantitative estimate of drug-likeness (QED) is 0.615. The summed E-state index contributed by atoms with van der Waals surface area (Å²) < 4.78 is 33.7. The molecule has 4 rings (SSSR count). The van der Waals surface area contributed by atoms with Crippen molar-refractivity contribution < 1.29 is 23.1 Å². The molecule has 28 heavy (non-hydrogen) atoms. The van der Waals surface area contributed by atoms with Gasteiger partial charge in [0.25, 0.3) is 0 Å². The second-order valence-corrected chi connectivity index (χ2v) is 9.95. The first kappa shape index (κ1) is 19.6. The predicted molar refractivity (Wildman–Crippen MR) is 104 cm³/mol. The molecule has 0 unspecified atom stereocenters. The normalized spacial score (nSPS) is 30.1. The molecule has 2 aliphatic heterocycles. The fraction of sp³-hybridized carbons (Fsp3) is 0.571. The van der Waals surface area contributed by atoms with Crippen LogP contribution in [-0.2, 0) is 19.6 Å². The zero-order valence-electron chi connectivity index (χ0n) is 16.0. The molecule has 3 aliphatic rings. The summed E-state index contributed by atoms with van der Waals surface area (Å²) in [5.41, 5.74) is 0.961. The zero-order valence-corrected chi connectivity index (χ0v) is 16.8. The number of rotatable bonds is 4. The fourth-order valence-corrected chi connectivity index (χ4v) is 6.40. The van der Waals surface area contributed by atoms with Crippen LogP contribution >= 0.6 is 0 Å². The number of nitrogens with zero attached hydrogens (tertiary/aromatic N) is 1. The number of aliphatic hydroxyl groups is 1. The molecule has 1 N–H and O–H groups in total. The number of esters is 1. The molecule has 2 bridgehead atoms. The highest BCUT2D eigenvalue weighted by Gasteiger charge is 2.53. The molecule has 1 aromatic rings. The van der Waals surface area contributed by atoms with Crippen molar-refractivity contribution in [3.05, 3.63) is 42.0 Å². The van der Waals surface area contributed by atoms with Crippen LogP contribution in [0.15, 0.2) is 41.3 Å². The fourth-order valence-electron chi connectivity index (χ4n) is 4.66. The summed E-state index contributed by atoms with van der Waals surface area (Å²) in [4.78, 5) is 12.8. The van der Waals surface area contributed by atoms with E-state index in [1.807, 2.05) is 13.0 Å². The molecule has 0 spiro atoms. The van der Waals surface area contributed by atoms with Crippen molar-refractivity contribution >= 4 is 16.0 Å². The highest BCUT2D eigenvalue weighted by molar-refractivity contribution is 7.89. The monoisotopic (exact) mass is 405 g/mol. The summed E-state index contributed by atoms with van der Waals surface area (Å²) in [7, 11) is -3.90. The summed E-state index contributed by atoms with van der Waals surface area (Å²) in [5, 5.41) is 11.0. The molecule has 6 nitrogen and oxygen atoms in total. The van der Waals surface area contributed by atoms with Crippen molar-refractivity contribution in [2.45, 2.75) is 74.6 Å². The molecule has 0 radical (unpaired) electrons. The molecular formula is C21H27NO5S. The van der Waals surface area contributed by atoms with Gasteiger partial charge in [-0.05, 0) is 44.2 Å². The third kappa shape index (κ3) is 3.40. The van der Waals surface area contributed by atoms with Crippen LogP contribution in [0, 0.1) is 12.8 Å². The van der Waals surface area contributed by atoms with Crippen LogP contribution < -0.4 is 0 Å². The zero-order chi connectivity index (χ0) is 19.9. The second-order valence-electron chi connectivity index (χ2n) is 8.11. The van der Waals surface area contributed by atoms with Gasteiger partial charge in [-0.2, -0.15) is 4.31 Å². The minimum atomic E-state index is -3.90. The average Bonchev–Trinajstić information content (AvgIpc) is 2.71. The lowest BCUT2D eigenvalue weighted by Crippen LogP contribution is -2.64. The summed E-state index contributed by atoms with van der Waals surface area (Å²) in [6.07, 6.45) is 7.12. The van der Waals surface area contributed by atoms with Crippen molar-refractivity contribution in [1.29, 1.82) is 0 Å². The molecule has 1 aliphatic carbocycles. The largest absolute Gasteiger partial charge is 0.456 e. The van der Waals surface area contributed by atoms with E-state index in [0.717, 1.165) is 37.7 Å². The van der Waals surface area contributed by atoms with Crippen LogP contribution in [0.4, 0.5) is 0 Å². The van der Waals surface area contributed by atoms with E-state index in [4.69, 9.17) is 4.74 Å². The van der Waals surface area contributed by atoms with Gasteiger partial charge in [0.15, 0.2) is 0 Å². The number of carbonyl (C=O) groups is 1. The Balaban J connectivity index is 1.69. The number of sulfonamides is 1. The number of hydrogen-bond donors (Lipinski definition) is 1. The third-order valence-corrected chi connectivity index (χ3v) is 8.14. The Labute approximate surface area is 166 Å². The summed E-state index contributed by atoms with van der Waals surface area (Å²) in [5.74, 6) is -0.543. The van der Waals surface area contributed by atoms with E-state index in [1.165, 1.54) is 4.31 Å². The Kier molecular flexibility index (Phi) is 5.33. The Hall–Kier alpha value is -1.70. The van der Waals surface area contributed by atoms with E-state index in [9.17, 15) is 18.3 Å². The number of fused-ring (bicyclic) bond motifs is 2. The lowest BCUT2D eigenvalue weighted by molar-refractivity contribution is -0.179. The molecule has 0 amide bonds. The number of aryl methyl sites for hydroxylation is 1. The van der Waals surface area contributed by atoms with Gasteiger partial charge in [0, 0.05) is 0 Å². The number of carbonyl (C=O) groups excluding carboxylic acids is 1. The number of ether oxygens (including phenoxy) is 1. The maximum Gasteiger partial charge on any atom is 0.325 e. The standard InChI is InChI=1S/C21H27NO5S/c1-14-10-12-16(13-11-14)28(25,26)22-17-8-5-9-18(22)21(24)27-20(17)19(23)15-6-3-2-4-7-15/h5,8,10-13,15,17-20,23H,2-4,6-7,9H2,1H3/t17-,18+,19+,20-/m0/s1. The molecule has 1 saturated carbocycles. The number of hydrogen-bond acceptors (Lipinski definition) is 5. The van der Waals surface area contributed by atoms with Gasteiger partial charge in [-0.25, -0.2) is 8.42 Å². The first-order chi connectivity index (χ1) is 13.4. The molecular weight excluding hydrogens is 378 g/mol. The number of benzene rings is 1. The molecule has 152 valence electrons. The second kappa shape index (κ2) is 7.61. The Morgan fingerprint density at radius 3 is 2.50 bits per heavy atom. The number of morpholine rings is 1. The van der Waals surface area contributed by atoms with E-state index in [-0.39, 0.29) is 17.2 Å². The number of aliphatic hydroxyl groups excluding tert-OH is 1. The van der Waals surface area contributed by atoms with Gasteiger partial charge in [-0.3, -0.25) is 4.79 Å². The Morgan fingerprint density at radius 1 is 1.14 bits per heavy atom. The van der Waals surface area contributed by atoms with Crippen molar-refractivity contribution in [3.8, 4) is 0 Å². The van der Waals surface area contributed by atoms with Gasteiger partial charge in [0.1, 0.15) is 12.1 Å². The van der Waals surface area contributed by atoms with Crippen molar-refractivity contribution in [1.82, 2.24) is 4.31 Å². The van der Waals surface area contributed by atoms with Crippen molar-refractivity contribution in [2.24, 2.45) is 5.92 Å². The first-order valence-electron chi connectivity index (χ1n) is 10.0. The minimum Gasteiger partial charge on any atom is -0.456 e. The smallest absolute Gasteiger partial charge is 0.325 e. The van der Waals surface area contributed by atoms with Crippen LogP contribution in [0.2, 0.25) is 0 Å². The molecule has 1 saturated heterocycles. The van der Waals surface area contributed by atoms with E-state index in [0.29, 0.717) is 0 Å². The van der Waals surface area contributed by atoms with Gasteiger partial charge in [-0.15, -0.1) is 0 Å². The van der Waals surface area contributed by atoms with Gasteiger partial charge < -0.3 is 9.84 Å². The molecule has 2 heterocycles. The molecule has 7 heteroatoms. The molecule has 2 fully saturated rings. The third-order valence-electron chi connectivity index (χ3n) is 6.22. The van der Waals surface area contributed by atoms with Gasteiger partial charge in [0.05, 0.1) is 17.0 Å². The summed E-state index contributed by atoms with van der Waals surface area (Å²) >= 11 is 0. The maximum absolute atomic E-state index is 13.4. The van der Waals surface area contributed by atoms with Crippen LogP contribution in [0.25, 0.3) is 0 Å². The van der Waals surface area contributed by atoms with E-state index in [1.54, 1.807) is 30.3 Å². The predicted octanol–water partition coefficient (Wildman–Crippen LogP) is 2.55. The average molecular weight is 406 g/mol. The lowest BCUT2D eigenvalue weighted by atomic mass is 9.81. The van der Waals surface area contributed by atoms with Gasteiger partial charge in [-0.1, -0.05) is 49.1 Å². The molecule has 1 aromatic carbocycles. The molecule has 0 aromatic heterocycles.